The molecule has 4 aromatic rings. The van der Waals surface area contributed by atoms with Crippen molar-refractivity contribution in [1.82, 2.24) is 14.6 Å². The average molecular weight is 407 g/mol. The van der Waals surface area contributed by atoms with Crippen LogP contribution in [0.5, 0.6) is 23.0 Å². The van der Waals surface area contributed by atoms with Crippen molar-refractivity contribution in [3.8, 4) is 45.4 Å². The minimum absolute atomic E-state index is 0.233. The van der Waals surface area contributed by atoms with E-state index in [0.717, 1.165) is 16.9 Å². The first-order valence-electron chi connectivity index (χ1n) is 9.15. The van der Waals surface area contributed by atoms with Gasteiger partial charge >= 0.3 is 0 Å². The van der Waals surface area contributed by atoms with Crippen LogP contribution in [0.4, 0.5) is 0 Å². The van der Waals surface area contributed by atoms with E-state index in [1.54, 1.807) is 39.7 Å². The molecular formula is C22H21N3O5. The van der Waals surface area contributed by atoms with Gasteiger partial charge in [-0.2, -0.15) is 0 Å². The SMILES string of the molecule is COc1ccc(-c2c[nH]n3c(=O)cc(-c4cc(OC)c(OC)c(OC)c4)nc23)cc1. The molecule has 2 heterocycles. The Bertz CT molecular complexity index is 1230. The van der Waals surface area contributed by atoms with Crippen LogP contribution in [0.25, 0.3) is 28.0 Å². The second-order valence-corrected chi connectivity index (χ2v) is 6.47. The first-order valence-corrected chi connectivity index (χ1v) is 9.15. The molecular weight excluding hydrogens is 386 g/mol. The van der Waals surface area contributed by atoms with E-state index < -0.39 is 0 Å². The molecule has 0 aliphatic rings. The average Bonchev–Trinajstić information content (AvgIpc) is 3.22. The Kier molecular flexibility index (Phi) is 5.05. The third-order valence-corrected chi connectivity index (χ3v) is 4.86. The molecule has 0 aliphatic carbocycles. The zero-order chi connectivity index (χ0) is 21.3. The lowest BCUT2D eigenvalue weighted by Crippen LogP contribution is -2.14. The van der Waals surface area contributed by atoms with Crippen molar-refractivity contribution in [1.29, 1.82) is 0 Å². The highest BCUT2D eigenvalue weighted by molar-refractivity contribution is 5.79. The summed E-state index contributed by atoms with van der Waals surface area (Å²) in [5.41, 5.74) is 3.15. The fraction of sp³-hybridized carbons (Fsp3) is 0.182. The molecule has 0 spiro atoms. The maximum absolute atomic E-state index is 12.7. The summed E-state index contributed by atoms with van der Waals surface area (Å²) in [5, 5.41) is 2.97. The number of nitrogens with zero attached hydrogens (tertiary/aromatic N) is 2. The predicted molar refractivity (Wildman–Crippen MR) is 113 cm³/mol. The second-order valence-electron chi connectivity index (χ2n) is 6.47. The van der Waals surface area contributed by atoms with Crippen LogP contribution < -0.4 is 24.5 Å². The molecule has 0 saturated carbocycles. The fourth-order valence-corrected chi connectivity index (χ4v) is 3.34. The third kappa shape index (κ3) is 3.22. The van der Waals surface area contributed by atoms with Crippen molar-refractivity contribution in [3.05, 3.63) is 59.0 Å². The van der Waals surface area contributed by atoms with Crippen LogP contribution in [0.3, 0.4) is 0 Å². The highest BCUT2D eigenvalue weighted by Crippen LogP contribution is 2.40. The number of aromatic amines is 1. The first kappa shape index (κ1) is 19.4. The summed E-state index contributed by atoms with van der Waals surface area (Å²) >= 11 is 0. The molecule has 0 aliphatic heterocycles. The Labute approximate surface area is 172 Å². The molecule has 4 rings (SSSR count). The second kappa shape index (κ2) is 7.82. The Morgan fingerprint density at radius 2 is 1.50 bits per heavy atom. The van der Waals surface area contributed by atoms with E-state index in [1.165, 1.54) is 17.7 Å². The van der Waals surface area contributed by atoms with Gasteiger partial charge in [-0.1, -0.05) is 12.1 Å². The van der Waals surface area contributed by atoms with Gasteiger partial charge < -0.3 is 18.9 Å². The monoisotopic (exact) mass is 407 g/mol. The van der Waals surface area contributed by atoms with E-state index in [1.807, 2.05) is 24.3 Å². The van der Waals surface area contributed by atoms with E-state index in [4.69, 9.17) is 23.9 Å². The maximum Gasteiger partial charge on any atom is 0.273 e. The summed E-state index contributed by atoms with van der Waals surface area (Å²) in [6.07, 6.45) is 1.75. The van der Waals surface area contributed by atoms with Crippen LogP contribution >= 0.6 is 0 Å². The number of nitrogens with one attached hydrogen (secondary N) is 1. The van der Waals surface area contributed by atoms with Gasteiger partial charge in [0.1, 0.15) is 5.75 Å². The summed E-state index contributed by atoms with van der Waals surface area (Å²) in [4.78, 5) is 17.5. The Balaban J connectivity index is 1.90. The van der Waals surface area contributed by atoms with Crippen LogP contribution in [-0.4, -0.2) is 43.0 Å². The first-order chi connectivity index (χ1) is 14.6. The van der Waals surface area contributed by atoms with Gasteiger partial charge in [-0.3, -0.25) is 9.89 Å². The zero-order valence-corrected chi connectivity index (χ0v) is 17.1. The Hall–Kier alpha value is -3.94. The topological polar surface area (TPSA) is 87.1 Å². The van der Waals surface area contributed by atoms with Gasteiger partial charge in [0.2, 0.25) is 5.75 Å². The number of hydrogen-bond donors (Lipinski definition) is 1. The van der Waals surface area contributed by atoms with E-state index in [2.05, 4.69) is 5.10 Å². The summed E-state index contributed by atoms with van der Waals surface area (Å²) in [6.45, 7) is 0. The molecule has 154 valence electrons. The lowest BCUT2D eigenvalue weighted by Gasteiger charge is -2.14. The largest absolute Gasteiger partial charge is 0.497 e. The third-order valence-electron chi connectivity index (χ3n) is 4.86. The fourth-order valence-electron chi connectivity index (χ4n) is 3.34. The van der Waals surface area contributed by atoms with Crippen LogP contribution in [0, 0.1) is 0 Å². The number of rotatable bonds is 6. The minimum atomic E-state index is -0.233. The smallest absolute Gasteiger partial charge is 0.273 e. The van der Waals surface area contributed by atoms with Gasteiger partial charge in [0.25, 0.3) is 5.56 Å². The number of benzene rings is 2. The number of methoxy groups -OCH3 is 4. The standard InChI is InChI=1S/C22H21N3O5/c1-27-15-7-5-13(6-8-15)16-12-23-25-20(26)11-17(24-22(16)25)14-9-18(28-2)21(30-4)19(10-14)29-3/h5-12,23H,1-4H3. The van der Waals surface area contributed by atoms with Gasteiger partial charge in [-0.25, -0.2) is 9.50 Å². The van der Waals surface area contributed by atoms with Crippen molar-refractivity contribution in [2.75, 3.05) is 28.4 Å². The van der Waals surface area contributed by atoms with Crippen molar-refractivity contribution in [2.45, 2.75) is 0 Å². The molecule has 8 nitrogen and oxygen atoms in total. The lowest BCUT2D eigenvalue weighted by atomic mass is 10.1. The molecule has 8 heteroatoms. The van der Waals surface area contributed by atoms with Gasteiger partial charge in [0.05, 0.1) is 34.1 Å². The predicted octanol–water partition coefficient (Wildman–Crippen LogP) is 3.39. The minimum Gasteiger partial charge on any atom is -0.497 e. The van der Waals surface area contributed by atoms with Crippen molar-refractivity contribution in [3.63, 3.8) is 0 Å². The van der Waals surface area contributed by atoms with E-state index >= 15 is 0 Å². The van der Waals surface area contributed by atoms with Crippen molar-refractivity contribution >= 4 is 5.65 Å². The molecule has 0 bridgehead atoms. The molecule has 0 radical (unpaired) electrons. The number of H-pyrrole nitrogens is 1. The van der Waals surface area contributed by atoms with Crippen molar-refractivity contribution in [2.24, 2.45) is 0 Å². The quantitative estimate of drug-likeness (QED) is 0.527. The normalized spacial score (nSPS) is 10.8. The molecule has 30 heavy (non-hydrogen) atoms. The molecule has 2 aromatic carbocycles. The summed E-state index contributed by atoms with van der Waals surface area (Å²) in [7, 11) is 6.24. The van der Waals surface area contributed by atoms with Gasteiger partial charge in [-0.05, 0) is 29.8 Å². The van der Waals surface area contributed by atoms with Crippen LogP contribution in [-0.2, 0) is 0 Å². The van der Waals surface area contributed by atoms with Gasteiger partial charge in [-0.15, -0.1) is 0 Å². The summed E-state index contributed by atoms with van der Waals surface area (Å²) in [6, 6.07) is 12.5. The molecule has 1 N–H and O–H groups in total. The molecule has 0 amide bonds. The number of aromatic nitrogens is 3. The van der Waals surface area contributed by atoms with E-state index in [-0.39, 0.29) is 5.56 Å². The Morgan fingerprint density at radius 3 is 2.07 bits per heavy atom. The molecule has 0 atom stereocenters. The van der Waals surface area contributed by atoms with Gasteiger partial charge in [0.15, 0.2) is 17.1 Å². The van der Waals surface area contributed by atoms with Crippen LogP contribution in [0.1, 0.15) is 0 Å². The number of ether oxygens (including phenoxy) is 4. The Morgan fingerprint density at radius 1 is 0.833 bits per heavy atom. The van der Waals surface area contributed by atoms with Gasteiger partial charge in [0, 0.05) is 23.4 Å². The molecule has 0 saturated heterocycles. The van der Waals surface area contributed by atoms with E-state index in [0.29, 0.717) is 34.2 Å². The summed E-state index contributed by atoms with van der Waals surface area (Å²) in [5.74, 6) is 2.19. The van der Waals surface area contributed by atoms with E-state index in [9.17, 15) is 4.79 Å². The molecule has 0 unspecified atom stereocenters. The van der Waals surface area contributed by atoms with Crippen LogP contribution in [0.15, 0.2) is 53.5 Å². The van der Waals surface area contributed by atoms with Crippen LogP contribution in [0.2, 0.25) is 0 Å². The number of fused-ring (bicyclic) bond motifs is 1. The maximum atomic E-state index is 12.7. The molecule has 0 fully saturated rings. The summed E-state index contributed by atoms with van der Waals surface area (Å²) < 4.78 is 22.8. The van der Waals surface area contributed by atoms with Crippen molar-refractivity contribution < 1.29 is 18.9 Å². The highest BCUT2D eigenvalue weighted by atomic mass is 16.5. The zero-order valence-electron chi connectivity index (χ0n) is 17.1. The highest BCUT2D eigenvalue weighted by Gasteiger charge is 2.17. The number of hydrogen-bond acceptors (Lipinski definition) is 6. The lowest BCUT2D eigenvalue weighted by molar-refractivity contribution is 0.324. The molecule has 2 aromatic heterocycles.